The van der Waals surface area contributed by atoms with Gasteiger partial charge in [-0.15, -0.1) is 0 Å². The topological polar surface area (TPSA) is 63.7 Å². The van der Waals surface area contributed by atoms with E-state index in [-0.39, 0.29) is 35.4 Å². The Bertz CT molecular complexity index is 1080. The number of Topliss-reactive ketones (excluding diaryl/α,β-unsaturated/α-hetero) is 2. The Labute approximate surface area is 250 Å². The Hall–Kier alpha value is -2.21. The Balaban J connectivity index is 2.06. The third-order valence-corrected chi connectivity index (χ3v) is 17.8. The zero-order valence-electron chi connectivity index (χ0n) is 27.3. The summed E-state index contributed by atoms with van der Waals surface area (Å²) in [6, 6.07) is 9.99. The van der Waals surface area contributed by atoms with Crippen LogP contribution in [0.1, 0.15) is 113 Å². The van der Waals surface area contributed by atoms with Gasteiger partial charge in [0.2, 0.25) is 0 Å². The van der Waals surface area contributed by atoms with Crippen LogP contribution in [0.3, 0.4) is 0 Å². The molecule has 4 atom stereocenters. The zero-order chi connectivity index (χ0) is 30.7. The molecule has 0 aromatic heterocycles. The Kier molecular flexibility index (Phi) is 10.9. The fraction of sp³-hybridized carbons (Fsp3) is 0.686. The molecule has 5 nitrogen and oxygen atoms in total. The molecule has 0 radical (unpaired) electrons. The van der Waals surface area contributed by atoms with Gasteiger partial charge in [-0.05, 0) is 52.1 Å². The minimum absolute atomic E-state index is 0.0679. The van der Waals surface area contributed by atoms with Gasteiger partial charge in [-0.25, -0.2) is 4.79 Å². The zero-order valence-corrected chi connectivity index (χ0v) is 28.3. The number of amides is 1. The first kappa shape index (κ1) is 33.3. The molecule has 1 aromatic carbocycles. The lowest BCUT2D eigenvalue weighted by Crippen LogP contribution is -2.55. The van der Waals surface area contributed by atoms with E-state index in [4.69, 9.17) is 4.74 Å². The van der Waals surface area contributed by atoms with Crippen molar-refractivity contribution in [2.75, 3.05) is 0 Å². The van der Waals surface area contributed by atoms with Gasteiger partial charge >= 0.3 is 6.09 Å². The monoisotopic (exact) mass is 581 g/mol. The van der Waals surface area contributed by atoms with Crippen molar-refractivity contribution < 1.29 is 19.1 Å². The molecule has 0 unspecified atom stereocenters. The highest BCUT2D eigenvalue weighted by atomic mass is 28.3. The van der Waals surface area contributed by atoms with Gasteiger partial charge in [0, 0.05) is 30.9 Å². The lowest BCUT2D eigenvalue weighted by atomic mass is 9.66. The number of carbonyl (C=O) groups excluding carboxylic acids is 3. The van der Waals surface area contributed by atoms with E-state index in [1.807, 2.05) is 26.1 Å². The van der Waals surface area contributed by atoms with Crippen molar-refractivity contribution in [1.82, 2.24) is 4.90 Å². The fourth-order valence-electron chi connectivity index (χ4n) is 8.47. The van der Waals surface area contributed by atoms with E-state index < -0.39 is 26.1 Å². The SMILES string of the molecule is CCC(=O)[C@@H](C)[C@@H]1CC(=O)C([Si](C(C)C)(C(C)C)C(C)C)=CN1C(=O)O[C@@H]1CCCC[C@H]1C(C)(C)c1ccccc1. The maximum Gasteiger partial charge on any atom is 0.414 e. The van der Waals surface area contributed by atoms with Crippen molar-refractivity contribution >= 4 is 25.7 Å². The summed E-state index contributed by atoms with van der Waals surface area (Å²) in [6.07, 6.45) is 5.75. The maximum absolute atomic E-state index is 14.2. The van der Waals surface area contributed by atoms with Gasteiger partial charge in [0.05, 0.1) is 6.04 Å². The third kappa shape index (κ3) is 6.43. The number of hydrogen-bond donors (Lipinski definition) is 0. The second kappa shape index (κ2) is 13.4. The van der Waals surface area contributed by atoms with Crippen LogP contribution in [0.2, 0.25) is 16.6 Å². The van der Waals surface area contributed by atoms with E-state index in [9.17, 15) is 14.4 Å². The highest BCUT2D eigenvalue weighted by Gasteiger charge is 2.52. The largest absolute Gasteiger partial charge is 0.446 e. The molecule has 1 heterocycles. The summed E-state index contributed by atoms with van der Waals surface area (Å²) < 4.78 is 6.46. The van der Waals surface area contributed by atoms with E-state index >= 15 is 0 Å². The van der Waals surface area contributed by atoms with Crippen LogP contribution in [0, 0.1) is 11.8 Å². The normalized spacial score (nSPS) is 23.1. The van der Waals surface area contributed by atoms with Crippen molar-refractivity contribution in [2.45, 2.75) is 142 Å². The molecule has 1 amide bonds. The second-order valence-electron chi connectivity index (χ2n) is 14.1. The summed E-state index contributed by atoms with van der Waals surface area (Å²) in [6.45, 7) is 21.6. The predicted molar refractivity (Wildman–Crippen MR) is 171 cm³/mol. The standard InChI is InChI=1S/C35H55NO4Si/c1-11-30(37)26(8)29-21-31(38)33(41(23(2)3,24(4)5)25(6)7)22-36(29)34(39)40-32-20-16-15-19-28(32)35(9,10)27-17-13-12-14-18-27/h12-14,17-18,22-26,28-29,32H,11,15-16,19-21H2,1-10H3/t26-,28+,29-,32+/m0/s1. The summed E-state index contributed by atoms with van der Waals surface area (Å²) in [5, 5.41) is 0.839. The smallest absolute Gasteiger partial charge is 0.414 e. The van der Waals surface area contributed by atoms with Gasteiger partial charge in [0.15, 0.2) is 5.78 Å². The Morgan fingerprint density at radius 1 is 0.951 bits per heavy atom. The molecule has 1 aliphatic carbocycles. The summed E-state index contributed by atoms with van der Waals surface area (Å²) in [5.41, 5.74) is 2.08. The van der Waals surface area contributed by atoms with E-state index in [1.165, 1.54) is 5.56 Å². The lowest BCUT2D eigenvalue weighted by molar-refractivity contribution is -0.125. The highest BCUT2D eigenvalue weighted by Crippen LogP contribution is 2.49. The van der Waals surface area contributed by atoms with Crippen molar-refractivity contribution in [3.05, 3.63) is 47.3 Å². The number of allylic oxidation sites excluding steroid dienone is 1. The maximum atomic E-state index is 14.2. The molecule has 1 aliphatic heterocycles. The van der Waals surface area contributed by atoms with Crippen LogP contribution in [0.15, 0.2) is 41.7 Å². The lowest BCUT2D eigenvalue weighted by Gasteiger charge is -2.48. The number of benzene rings is 1. The van der Waals surface area contributed by atoms with E-state index in [0.717, 1.165) is 30.9 Å². The molecule has 41 heavy (non-hydrogen) atoms. The van der Waals surface area contributed by atoms with Crippen molar-refractivity contribution in [1.29, 1.82) is 0 Å². The summed E-state index contributed by atoms with van der Waals surface area (Å²) in [5.74, 6) is -0.0804. The molecule has 1 aromatic rings. The van der Waals surface area contributed by atoms with Crippen LogP contribution in [0.25, 0.3) is 0 Å². The third-order valence-electron chi connectivity index (χ3n) is 10.7. The molecule has 2 aliphatic rings. The average Bonchev–Trinajstić information content (AvgIpc) is 2.93. The quantitative estimate of drug-likeness (QED) is 0.259. The van der Waals surface area contributed by atoms with Gasteiger partial charge in [0.1, 0.15) is 20.0 Å². The van der Waals surface area contributed by atoms with Gasteiger partial charge in [-0.3, -0.25) is 14.5 Å². The number of rotatable bonds is 10. The van der Waals surface area contributed by atoms with Crippen LogP contribution >= 0.6 is 0 Å². The number of nitrogens with zero attached hydrogens (tertiary/aromatic N) is 1. The van der Waals surface area contributed by atoms with E-state index in [1.54, 1.807) is 4.90 Å². The molecule has 6 heteroatoms. The summed E-state index contributed by atoms with van der Waals surface area (Å²) >= 11 is 0. The van der Waals surface area contributed by atoms with Gasteiger partial charge in [-0.1, -0.05) is 106 Å². The molecular weight excluding hydrogens is 526 g/mol. The molecule has 0 bridgehead atoms. The van der Waals surface area contributed by atoms with Crippen LogP contribution < -0.4 is 0 Å². The predicted octanol–water partition coefficient (Wildman–Crippen LogP) is 9.02. The summed E-state index contributed by atoms with van der Waals surface area (Å²) in [7, 11) is -2.34. The number of carbonyl (C=O) groups is 3. The Morgan fingerprint density at radius 3 is 2.05 bits per heavy atom. The number of hydrogen-bond acceptors (Lipinski definition) is 4. The van der Waals surface area contributed by atoms with Crippen LogP contribution in [0.4, 0.5) is 4.79 Å². The second-order valence-corrected chi connectivity index (χ2v) is 19.9. The van der Waals surface area contributed by atoms with Crippen molar-refractivity contribution in [3.63, 3.8) is 0 Å². The summed E-state index contributed by atoms with van der Waals surface area (Å²) in [4.78, 5) is 42.8. The highest BCUT2D eigenvalue weighted by molar-refractivity contribution is 6.93. The molecule has 1 saturated carbocycles. The average molecular weight is 582 g/mol. The number of ketones is 2. The molecule has 0 saturated heterocycles. The number of ether oxygens (including phenoxy) is 1. The van der Waals surface area contributed by atoms with Gasteiger partial charge in [0.25, 0.3) is 0 Å². The molecular formula is C35H55NO4Si. The van der Waals surface area contributed by atoms with Crippen LogP contribution in [-0.2, 0) is 19.7 Å². The first-order valence-corrected chi connectivity index (χ1v) is 18.3. The van der Waals surface area contributed by atoms with Gasteiger partial charge in [-0.2, -0.15) is 0 Å². The molecule has 3 rings (SSSR count). The fourth-order valence-corrected chi connectivity index (χ4v) is 15.3. The van der Waals surface area contributed by atoms with E-state index in [2.05, 4.69) is 79.7 Å². The molecule has 228 valence electrons. The minimum Gasteiger partial charge on any atom is -0.446 e. The Morgan fingerprint density at radius 2 is 1.51 bits per heavy atom. The van der Waals surface area contributed by atoms with Crippen molar-refractivity contribution in [3.8, 4) is 0 Å². The molecule has 1 fully saturated rings. The van der Waals surface area contributed by atoms with Crippen molar-refractivity contribution in [2.24, 2.45) is 11.8 Å². The minimum atomic E-state index is -2.34. The van der Waals surface area contributed by atoms with Gasteiger partial charge < -0.3 is 4.74 Å². The molecule has 0 N–H and O–H groups in total. The van der Waals surface area contributed by atoms with E-state index in [0.29, 0.717) is 23.0 Å². The first-order valence-electron chi connectivity index (χ1n) is 16.0. The van der Waals surface area contributed by atoms with Crippen LogP contribution in [-0.4, -0.2) is 42.8 Å². The molecule has 0 spiro atoms. The van der Waals surface area contributed by atoms with Crippen LogP contribution in [0.5, 0.6) is 0 Å². The first-order chi connectivity index (χ1) is 19.2.